The van der Waals surface area contributed by atoms with Crippen LogP contribution in [0.5, 0.6) is 0 Å². The monoisotopic (exact) mass is 186 g/mol. The van der Waals surface area contributed by atoms with E-state index in [2.05, 4.69) is 4.74 Å². The minimum absolute atomic E-state index is 0.223. The van der Waals surface area contributed by atoms with E-state index in [4.69, 9.17) is 0 Å². The highest BCUT2D eigenvalue weighted by molar-refractivity contribution is 6.16. The molecule has 0 bridgehead atoms. The zero-order chi connectivity index (χ0) is 10.6. The third kappa shape index (κ3) is 2.89. The fourth-order valence-electron chi connectivity index (χ4n) is 0.819. The molecule has 0 aromatic heterocycles. The molecule has 0 radical (unpaired) electrons. The van der Waals surface area contributed by atoms with Gasteiger partial charge in [0.15, 0.2) is 5.78 Å². The van der Waals surface area contributed by atoms with Gasteiger partial charge in [-0.15, -0.1) is 0 Å². The summed E-state index contributed by atoms with van der Waals surface area (Å²) in [5.74, 6) is -1.77. The number of carbonyl (C=O) groups is 2. The van der Waals surface area contributed by atoms with E-state index in [1.54, 1.807) is 13.8 Å². The molecule has 0 aliphatic heterocycles. The lowest BCUT2D eigenvalue weighted by Gasteiger charge is -2.08. The van der Waals surface area contributed by atoms with Gasteiger partial charge in [0.25, 0.3) is 0 Å². The van der Waals surface area contributed by atoms with E-state index < -0.39 is 11.8 Å². The number of aliphatic hydroxyl groups is 1. The summed E-state index contributed by atoms with van der Waals surface area (Å²) in [6, 6.07) is 0. The fraction of sp³-hybridized carbons (Fsp3) is 0.556. The van der Waals surface area contributed by atoms with Crippen molar-refractivity contribution in [2.24, 2.45) is 5.92 Å². The molecule has 74 valence electrons. The van der Waals surface area contributed by atoms with Gasteiger partial charge in [0.1, 0.15) is 11.3 Å². The van der Waals surface area contributed by atoms with Crippen LogP contribution in [0.4, 0.5) is 0 Å². The fourth-order valence-corrected chi connectivity index (χ4v) is 0.819. The first-order valence-electron chi connectivity index (χ1n) is 3.94. The molecule has 0 aromatic carbocycles. The summed E-state index contributed by atoms with van der Waals surface area (Å²) in [5.41, 5.74) is -0.266. The van der Waals surface area contributed by atoms with Gasteiger partial charge < -0.3 is 9.84 Å². The van der Waals surface area contributed by atoms with E-state index in [1.807, 2.05) is 0 Å². The van der Waals surface area contributed by atoms with Gasteiger partial charge in [-0.3, -0.25) is 4.79 Å². The highest BCUT2D eigenvalue weighted by Gasteiger charge is 2.21. The first-order valence-corrected chi connectivity index (χ1v) is 3.94. The molecule has 0 unspecified atom stereocenters. The molecule has 1 N–H and O–H groups in total. The Labute approximate surface area is 77.2 Å². The Hall–Kier alpha value is -1.32. The maximum atomic E-state index is 11.0. The van der Waals surface area contributed by atoms with Crippen LogP contribution in [0.15, 0.2) is 11.3 Å². The lowest BCUT2D eigenvalue weighted by molar-refractivity contribution is -0.137. The smallest absolute Gasteiger partial charge is 0.344 e. The lowest BCUT2D eigenvalue weighted by atomic mass is 10.0. The predicted molar refractivity (Wildman–Crippen MR) is 47.2 cm³/mol. The molecular formula is C9H14O4. The van der Waals surface area contributed by atoms with Gasteiger partial charge in [0, 0.05) is 5.92 Å². The van der Waals surface area contributed by atoms with Crippen LogP contribution in [-0.4, -0.2) is 24.0 Å². The maximum Gasteiger partial charge on any atom is 0.344 e. The maximum absolute atomic E-state index is 11.0. The SMILES string of the molecule is COC(=O)/C(C(C)=O)=C(\O)C(C)C. The van der Waals surface area contributed by atoms with Crippen LogP contribution in [0.1, 0.15) is 20.8 Å². The Morgan fingerprint density at radius 2 is 1.77 bits per heavy atom. The second-order valence-electron chi connectivity index (χ2n) is 2.96. The highest BCUT2D eigenvalue weighted by Crippen LogP contribution is 2.13. The minimum Gasteiger partial charge on any atom is -0.511 e. The zero-order valence-electron chi connectivity index (χ0n) is 8.25. The molecule has 0 atom stereocenters. The number of rotatable bonds is 3. The van der Waals surface area contributed by atoms with Crippen molar-refractivity contribution in [3.8, 4) is 0 Å². The van der Waals surface area contributed by atoms with Crippen molar-refractivity contribution in [2.45, 2.75) is 20.8 Å². The number of allylic oxidation sites excluding steroid dienone is 1. The topological polar surface area (TPSA) is 63.6 Å². The Morgan fingerprint density at radius 1 is 1.31 bits per heavy atom. The average molecular weight is 186 g/mol. The van der Waals surface area contributed by atoms with Crippen LogP contribution in [0.3, 0.4) is 0 Å². The van der Waals surface area contributed by atoms with Crippen molar-refractivity contribution < 1.29 is 19.4 Å². The molecule has 13 heavy (non-hydrogen) atoms. The summed E-state index contributed by atoms with van der Waals surface area (Å²) in [4.78, 5) is 22.0. The molecule has 0 aliphatic rings. The molecule has 0 heterocycles. The van der Waals surface area contributed by atoms with Gasteiger partial charge in [-0.2, -0.15) is 0 Å². The van der Waals surface area contributed by atoms with E-state index >= 15 is 0 Å². The van der Waals surface area contributed by atoms with Crippen LogP contribution in [0, 0.1) is 5.92 Å². The van der Waals surface area contributed by atoms with Gasteiger partial charge >= 0.3 is 5.97 Å². The van der Waals surface area contributed by atoms with Gasteiger partial charge in [0.2, 0.25) is 0 Å². The predicted octanol–water partition coefficient (Wildman–Crippen LogP) is 1.22. The first kappa shape index (κ1) is 11.7. The molecule has 4 heteroatoms. The van der Waals surface area contributed by atoms with Crippen molar-refractivity contribution in [1.82, 2.24) is 0 Å². The van der Waals surface area contributed by atoms with E-state index in [1.165, 1.54) is 14.0 Å². The lowest BCUT2D eigenvalue weighted by Crippen LogP contribution is -2.16. The number of Topliss-reactive ketones (excluding diaryl/α,β-unsaturated/α-hetero) is 1. The van der Waals surface area contributed by atoms with E-state index in [0.29, 0.717) is 0 Å². The summed E-state index contributed by atoms with van der Waals surface area (Å²) in [5, 5.41) is 9.42. The number of hydrogen-bond acceptors (Lipinski definition) is 4. The largest absolute Gasteiger partial charge is 0.511 e. The number of hydrogen-bond donors (Lipinski definition) is 1. The highest BCUT2D eigenvalue weighted by atomic mass is 16.5. The molecule has 0 rings (SSSR count). The van der Waals surface area contributed by atoms with Gasteiger partial charge in [-0.25, -0.2) is 4.79 Å². The van der Waals surface area contributed by atoms with E-state index in [9.17, 15) is 14.7 Å². The Balaban J connectivity index is 5.12. The molecule has 4 nitrogen and oxygen atoms in total. The summed E-state index contributed by atoms with van der Waals surface area (Å²) in [6.45, 7) is 4.58. The first-order chi connectivity index (χ1) is 5.91. The van der Waals surface area contributed by atoms with Crippen LogP contribution in [0.2, 0.25) is 0 Å². The number of carbonyl (C=O) groups excluding carboxylic acids is 2. The Kier molecular flexibility index (Phi) is 4.17. The zero-order valence-corrected chi connectivity index (χ0v) is 8.25. The second-order valence-corrected chi connectivity index (χ2v) is 2.96. The average Bonchev–Trinajstić information content (AvgIpc) is 2.03. The van der Waals surface area contributed by atoms with Crippen molar-refractivity contribution in [1.29, 1.82) is 0 Å². The van der Waals surface area contributed by atoms with Gasteiger partial charge in [0.05, 0.1) is 7.11 Å². The molecule has 0 fully saturated rings. The number of aliphatic hydroxyl groups excluding tert-OH is 1. The third-order valence-electron chi connectivity index (χ3n) is 1.54. The molecule has 0 saturated carbocycles. The van der Waals surface area contributed by atoms with Gasteiger partial charge in [-0.05, 0) is 6.92 Å². The summed E-state index contributed by atoms with van der Waals surface area (Å²) < 4.78 is 4.37. The quantitative estimate of drug-likeness (QED) is 0.236. The van der Waals surface area contributed by atoms with Crippen LogP contribution < -0.4 is 0 Å². The van der Waals surface area contributed by atoms with Crippen LogP contribution in [0.25, 0.3) is 0 Å². The minimum atomic E-state index is -0.793. The summed E-state index contributed by atoms with van der Waals surface area (Å²) in [7, 11) is 1.17. The van der Waals surface area contributed by atoms with Crippen molar-refractivity contribution in [3.05, 3.63) is 11.3 Å². The molecule has 0 amide bonds. The molecule has 0 spiro atoms. The third-order valence-corrected chi connectivity index (χ3v) is 1.54. The van der Waals surface area contributed by atoms with E-state index in [0.717, 1.165) is 0 Å². The Morgan fingerprint density at radius 3 is 2.00 bits per heavy atom. The summed E-state index contributed by atoms with van der Waals surface area (Å²) >= 11 is 0. The molecule has 0 aromatic rings. The Bertz CT molecular complexity index is 250. The number of ketones is 1. The number of methoxy groups -OCH3 is 1. The standard InChI is InChI=1S/C9H14O4/c1-5(2)8(11)7(6(3)10)9(12)13-4/h5,11H,1-4H3/b8-7-. The number of esters is 1. The van der Waals surface area contributed by atoms with Crippen molar-refractivity contribution >= 4 is 11.8 Å². The molecular weight excluding hydrogens is 172 g/mol. The van der Waals surface area contributed by atoms with E-state index in [-0.39, 0.29) is 17.3 Å². The summed E-state index contributed by atoms with van der Waals surface area (Å²) in [6.07, 6.45) is 0. The second kappa shape index (κ2) is 4.64. The van der Waals surface area contributed by atoms with Crippen molar-refractivity contribution in [3.63, 3.8) is 0 Å². The van der Waals surface area contributed by atoms with Crippen molar-refractivity contribution in [2.75, 3.05) is 7.11 Å². The van der Waals surface area contributed by atoms with Gasteiger partial charge in [-0.1, -0.05) is 13.8 Å². The molecule has 0 saturated heterocycles. The molecule has 0 aliphatic carbocycles. The van der Waals surface area contributed by atoms with Crippen LogP contribution in [-0.2, 0) is 14.3 Å². The number of ether oxygens (including phenoxy) is 1. The normalized spacial score (nSPS) is 12.4. The van der Waals surface area contributed by atoms with Crippen LogP contribution >= 0.6 is 0 Å².